The first kappa shape index (κ1) is 12.4. The standard InChI is InChI=1S/C9H19NO3/c1-7(2)6-10-8(11)4-3-5-9(12)13/h7,9,12-13H,3-6H2,1-2H3,(H,10,11). The smallest absolute Gasteiger partial charge is 0.220 e. The van der Waals surface area contributed by atoms with E-state index in [1.54, 1.807) is 0 Å². The van der Waals surface area contributed by atoms with E-state index in [2.05, 4.69) is 5.32 Å². The molecule has 0 saturated carbocycles. The highest BCUT2D eigenvalue weighted by Gasteiger charge is 2.03. The first-order valence-electron chi connectivity index (χ1n) is 4.65. The Morgan fingerprint density at radius 1 is 1.38 bits per heavy atom. The van der Waals surface area contributed by atoms with Crippen LogP contribution in [0.5, 0.6) is 0 Å². The van der Waals surface area contributed by atoms with Crippen LogP contribution in [0.25, 0.3) is 0 Å². The molecule has 0 aliphatic rings. The lowest BCUT2D eigenvalue weighted by Crippen LogP contribution is -2.27. The molecule has 0 aromatic heterocycles. The number of hydrogen-bond acceptors (Lipinski definition) is 3. The average molecular weight is 189 g/mol. The third kappa shape index (κ3) is 9.30. The van der Waals surface area contributed by atoms with E-state index < -0.39 is 6.29 Å². The Kier molecular flexibility index (Phi) is 6.54. The number of nitrogens with one attached hydrogen (secondary N) is 1. The molecule has 13 heavy (non-hydrogen) atoms. The summed E-state index contributed by atoms with van der Waals surface area (Å²) in [6, 6.07) is 0. The van der Waals surface area contributed by atoms with Gasteiger partial charge in [0.05, 0.1) is 0 Å². The molecule has 0 spiro atoms. The molecule has 3 N–H and O–H groups in total. The van der Waals surface area contributed by atoms with Crippen LogP contribution < -0.4 is 5.32 Å². The van der Waals surface area contributed by atoms with Gasteiger partial charge >= 0.3 is 0 Å². The van der Waals surface area contributed by atoms with Crippen molar-refractivity contribution in [2.45, 2.75) is 39.4 Å². The lowest BCUT2D eigenvalue weighted by atomic mass is 10.2. The van der Waals surface area contributed by atoms with E-state index in [0.29, 0.717) is 25.3 Å². The molecule has 0 rings (SSSR count). The highest BCUT2D eigenvalue weighted by Crippen LogP contribution is 1.98. The topological polar surface area (TPSA) is 69.6 Å². The summed E-state index contributed by atoms with van der Waals surface area (Å²) in [5.74, 6) is 0.432. The van der Waals surface area contributed by atoms with E-state index in [0.717, 1.165) is 0 Å². The summed E-state index contributed by atoms with van der Waals surface area (Å²) >= 11 is 0. The van der Waals surface area contributed by atoms with Crippen LogP contribution in [-0.4, -0.2) is 29.0 Å². The Balaban J connectivity index is 3.30. The number of carbonyl (C=O) groups is 1. The van der Waals surface area contributed by atoms with Gasteiger partial charge in [0, 0.05) is 13.0 Å². The van der Waals surface area contributed by atoms with Crippen molar-refractivity contribution in [2.24, 2.45) is 5.92 Å². The molecule has 0 radical (unpaired) electrons. The molecule has 0 aliphatic heterocycles. The van der Waals surface area contributed by atoms with E-state index in [4.69, 9.17) is 10.2 Å². The van der Waals surface area contributed by atoms with Crippen molar-refractivity contribution in [1.82, 2.24) is 5.32 Å². The number of amides is 1. The van der Waals surface area contributed by atoms with Crippen molar-refractivity contribution in [1.29, 1.82) is 0 Å². The average Bonchev–Trinajstić information content (AvgIpc) is 2.00. The zero-order chi connectivity index (χ0) is 10.3. The Morgan fingerprint density at radius 3 is 2.46 bits per heavy atom. The second-order valence-electron chi connectivity index (χ2n) is 3.57. The van der Waals surface area contributed by atoms with Crippen molar-refractivity contribution in [3.63, 3.8) is 0 Å². The molecule has 0 saturated heterocycles. The normalized spacial score (nSPS) is 10.9. The molecule has 0 bridgehead atoms. The molecule has 1 amide bonds. The molecule has 0 aromatic carbocycles. The van der Waals surface area contributed by atoms with Crippen LogP contribution in [0.4, 0.5) is 0 Å². The van der Waals surface area contributed by atoms with Crippen LogP contribution in [0.2, 0.25) is 0 Å². The summed E-state index contributed by atoms with van der Waals surface area (Å²) in [6.07, 6.45) is -0.154. The van der Waals surface area contributed by atoms with Gasteiger partial charge in [-0.05, 0) is 18.8 Å². The summed E-state index contributed by atoms with van der Waals surface area (Å²) in [4.78, 5) is 11.1. The summed E-state index contributed by atoms with van der Waals surface area (Å²) in [7, 11) is 0. The number of rotatable bonds is 6. The molecule has 0 unspecified atom stereocenters. The quantitative estimate of drug-likeness (QED) is 0.524. The lowest BCUT2D eigenvalue weighted by Gasteiger charge is -2.07. The van der Waals surface area contributed by atoms with Gasteiger partial charge in [0.15, 0.2) is 6.29 Å². The van der Waals surface area contributed by atoms with Crippen molar-refractivity contribution in [3.05, 3.63) is 0 Å². The molecule has 78 valence electrons. The van der Waals surface area contributed by atoms with Gasteiger partial charge in [-0.2, -0.15) is 0 Å². The third-order valence-electron chi connectivity index (χ3n) is 1.57. The molecule has 0 atom stereocenters. The monoisotopic (exact) mass is 189 g/mol. The lowest BCUT2D eigenvalue weighted by molar-refractivity contribution is -0.121. The molecular weight excluding hydrogens is 170 g/mol. The summed E-state index contributed by atoms with van der Waals surface area (Å²) < 4.78 is 0. The van der Waals surface area contributed by atoms with Gasteiger partial charge in [0.2, 0.25) is 5.91 Å². The van der Waals surface area contributed by atoms with Gasteiger partial charge in [-0.25, -0.2) is 0 Å². The van der Waals surface area contributed by atoms with Gasteiger partial charge in [-0.1, -0.05) is 13.8 Å². The fourth-order valence-electron chi connectivity index (χ4n) is 0.852. The number of carbonyl (C=O) groups excluding carboxylic acids is 1. The molecule has 0 fully saturated rings. The van der Waals surface area contributed by atoms with Crippen molar-refractivity contribution < 1.29 is 15.0 Å². The first-order chi connectivity index (χ1) is 6.02. The number of hydrogen-bond donors (Lipinski definition) is 3. The van der Waals surface area contributed by atoms with E-state index in [1.165, 1.54) is 0 Å². The second-order valence-corrected chi connectivity index (χ2v) is 3.57. The highest BCUT2D eigenvalue weighted by molar-refractivity contribution is 5.75. The number of aliphatic hydroxyl groups is 2. The largest absolute Gasteiger partial charge is 0.368 e. The van der Waals surface area contributed by atoms with Gasteiger partial charge < -0.3 is 15.5 Å². The van der Waals surface area contributed by atoms with Gasteiger partial charge in [-0.3, -0.25) is 4.79 Å². The van der Waals surface area contributed by atoms with Gasteiger partial charge in [0.1, 0.15) is 0 Å². The Morgan fingerprint density at radius 2 is 2.00 bits per heavy atom. The Bertz CT molecular complexity index is 146. The predicted molar refractivity (Wildman–Crippen MR) is 49.9 cm³/mol. The SMILES string of the molecule is CC(C)CNC(=O)CCCC(O)O. The first-order valence-corrected chi connectivity index (χ1v) is 4.65. The minimum absolute atomic E-state index is 0.0191. The van der Waals surface area contributed by atoms with Crippen LogP contribution in [0.3, 0.4) is 0 Å². The number of aliphatic hydroxyl groups excluding tert-OH is 1. The molecule has 0 heterocycles. The fourth-order valence-corrected chi connectivity index (χ4v) is 0.852. The molecule has 0 aliphatic carbocycles. The molecular formula is C9H19NO3. The summed E-state index contributed by atoms with van der Waals surface area (Å²) in [5.41, 5.74) is 0. The van der Waals surface area contributed by atoms with Crippen LogP contribution in [0.15, 0.2) is 0 Å². The van der Waals surface area contributed by atoms with E-state index in [1.807, 2.05) is 13.8 Å². The van der Waals surface area contributed by atoms with Crippen molar-refractivity contribution in [2.75, 3.05) is 6.54 Å². The Labute approximate surface area is 79.0 Å². The molecule has 0 aromatic rings. The van der Waals surface area contributed by atoms with Crippen LogP contribution >= 0.6 is 0 Å². The van der Waals surface area contributed by atoms with Crippen molar-refractivity contribution >= 4 is 5.91 Å². The maximum atomic E-state index is 11.1. The maximum absolute atomic E-state index is 11.1. The minimum Gasteiger partial charge on any atom is -0.368 e. The third-order valence-corrected chi connectivity index (χ3v) is 1.57. The van der Waals surface area contributed by atoms with Crippen molar-refractivity contribution in [3.8, 4) is 0 Å². The minimum atomic E-state index is -1.29. The molecule has 4 nitrogen and oxygen atoms in total. The van der Waals surface area contributed by atoms with Gasteiger partial charge in [-0.15, -0.1) is 0 Å². The zero-order valence-electron chi connectivity index (χ0n) is 8.29. The van der Waals surface area contributed by atoms with E-state index in [-0.39, 0.29) is 12.3 Å². The Hall–Kier alpha value is -0.610. The summed E-state index contributed by atoms with van der Waals surface area (Å²) in [5, 5.41) is 19.8. The zero-order valence-corrected chi connectivity index (χ0v) is 8.29. The predicted octanol–water partition coefficient (Wildman–Crippen LogP) is 0.240. The highest BCUT2D eigenvalue weighted by atomic mass is 16.5. The van der Waals surface area contributed by atoms with Crippen LogP contribution in [0, 0.1) is 5.92 Å². The van der Waals surface area contributed by atoms with E-state index >= 15 is 0 Å². The van der Waals surface area contributed by atoms with Crippen LogP contribution in [0.1, 0.15) is 33.1 Å². The van der Waals surface area contributed by atoms with Gasteiger partial charge in [0.25, 0.3) is 0 Å². The summed E-state index contributed by atoms with van der Waals surface area (Å²) in [6.45, 7) is 4.73. The van der Waals surface area contributed by atoms with E-state index in [9.17, 15) is 4.79 Å². The molecule has 4 heteroatoms. The maximum Gasteiger partial charge on any atom is 0.220 e. The second kappa shape index (κ2) is 6.86. The van der Waals surface area contributed by atoms with Crippen LogP contribution in [-0.2, 0) is 4.79 Å². The fraction of sp³-hybridized carbons (Fsp3) is 0.889.